The summed E-state index contributed by atoms with van der Waals surface area (Å²) in [6, 6.07) is 15.9. The maximum absolute atomic E-state index is 13.5. The molecule has 2 aromatic carbocycles. The van der Waals surface area contributed by atoms with Crippen molar-refractivity contribution in [2.45, 2.75) is 25.8 Å². The van der Waals surface area contributed by atoms with Gasteiger partial charge in [0, 0.05) is 10.4 Å². The van der Waals surface area contributed by atoms with Gasteiger partial charge < -0.3 is 4.74 Å². The highest BCUT2D eigenvalue weighted by atomic mass is 32.1. The number of carbonyl (C=O) groups is 4. The average Bonchev–Trinajstić information content (AvgIpc) is 3.44. The van der Waals surface area contributed by atoms with Gasteiger partial charge in [-0.25, -0.2) is 9.91 Å². The second-order valence-electron chi connectivity index (χ2n) is 7.79. The van der Waals surface area contributed by atoms with Crippen molar-refractivity contribution in [1.82, 2.24) is 10.4 Å². The molecule has 3 aromatic rings. The highest BCUT2D eigenvalue weighted by Crippen LogP contribution is 2.34. The van der Waals surface area contributed by atoms with E-state index in [0.717, 1.165) is 20.3 Å². The Balaban J connectivity index is 1.66. The van der Waals surface area contributed by atoms with Crippen molar-refractivity contribution in [1.29, 1.82) is 0 Å². The number of benzene rings is 2. The molecule has 1 saturated heterocycles. The van der Waals surface area contributed by atoms with Crippen LogP contribution in [0.25, 0.3) is 0 Å². The van der Waals surface area contributed by atoms with E-state index in [9.17, 15) is 19.2 Å². The molecule has 4 amide bonds. The quantitative estimate of drug-likeness (QED) is 0.435. The summed E-state index contributed by atoms with van der Waals surface area (Å²) in [5.74, 6) is -1.79. The molecule has 9 heteroatoms. The summed E-state index contributed by atoms with van der Waals surface area (Å²) in [6.45, 7) is 1.83. The van der Waals surface area contributed by atoms with Gasteiger partial charge in [0.15, 0.2) is 0 Å². The number of nitrogens with zero attached hydrogens (tertiary/aromatic N) is 2. The smallest absolute Gasteiger partial charge is 0.273 e. The van der Waals surface area contributed by atoms with E-state index in [1.807, 2.05) is 24.4 Å². The summed E-state index contributed by atoms with van der Waals surface area (Å²) in [5.41, 5.74) is 4.00. The lowest BCUT2D eigenvalue weighted by molar-refractivity contribution is -0.128. The minimum Gasteiger partial charge on any atom is -0.495 e. The van der Waals surface area contributed by atoms with Crippen LogP contribution >= 0.6 is 11.3 Å². The number of rotatable bonds is 6. The lowest BCUT2D eigenvalue weighted by atomic mass is 10.1. The number of aryl methyl sites for hydroxylation is 1. The first-order chi connectivity index (χ1) is 16.4. The third-order valence-electron chi connectivity index (χ3n) is 5.41. The van der Waals surface area contributed by atoms with Crippen LogP contribution in [0.1, 0.15) is 27.2 Å². The summed E-state index contributed by atoms with van der Waals surface area (Å²) >= 11 is 1.41. The van der Waals surface area contributed by atoms with Gasteiger partial charge in [-0.1, -0.05) is 30.3 Å². The predicted molar refractivity (Wildman–Crippen MR) is 127 cm³/mol. The standard InChI is InChI=1S/C25H23N3O5S/c1-16-10-11-21(33-2)19(13-16)27-23(30)15-20(25(27)32)28(24(31)17-7-4-3-5-8-17)26-22(29)14-18-9-6-12-34-18/h3-13,20H,14-15H2,1-2H3,(H,26,29). The van der Waals surface area contributed by atoms with Gasteiger partial charge in [0.2, 0.25) is 11.8 Å². The van der Waals surface area contributed by atoms with E-state index in [1.165, 1.54) is 18.4 Å². The molecule has 174 valence electrons. The highest BCUT2D eigenvalue weighted by molar-refractivity contribution is 7.10. The van der Waals surface area contributed by atoms with E-state index in [0.29, 0.717) is 11.4 Å². The molecule has 0 aliphatic carbocycles. The second-order valence-corrected chi connectivity index (χ2v) is 8.83. The summed E-state index contributed by atoms with van der Waals surface area (Å²) < 4.78 is 5.35. The molecular formula is C25H23N3O5S. The first-order valence-electron chi connectivity index (χ1n) is 10.6. The van der Waals surface area contributed by atoms with E-state index in [-0.39, 0.29) is 18.4 Å². The number of anilines is 1. The third kappa shape index (κ3) is 4.69. The number of hydrogen-bond donors (Lipinski definition) is 1. The normalized spacial score (nSPS) is 15.4. The maximum atomic E-state index is 13.5. The van der Waals surface area contributed by atoms with Gasteiger partial charge in [0.05, 0.1) is 25.6 Å². The van der Waals surface area contributed by atoms with Crippen LogP contribution < -0.4 is 15.1 Å². The summed E-state index contributed by atoms with van der Waals surface area (Å²) in [6.07, 6.45) is -0.228. The van der Waals surface area contributed by atoms with Crippen molar-refractivity contribution >= 4 is 40.7 Å². The van der Waals surface area contributed by atoms with Gasteiger partial charge in [0.25, 0.3) is 11.8 Å². The lowest BCUT2D eigenvalue weighted by Gasteiger charge is -2.28. The number of ether oxygens (including phenoxy) is 1. The van der Waals surface area contributed by atoms with Crippen molar-refractivity contribution < 1.29 is 23.9 Å². The topological polar surface area (TPSA) is 96.0 Å². The molecule has 8 nitrogen and oxygen atoms in total. The van der Waals surface area contributed by atoms with E-state index in [1.54, 1.807) is 48.5 Å². The molecule has 2 heterocycles. The van der Waals surface area contributed by atoms with Gasteiger partial charge in [-0.05, 0) is 48.2 Å². The fourth-order valence-electron chi connectivity index (χ4n) is 3.78. The monoisotopic (exact) mass is 477 g/mol. The molecule has 1 aliphatic heterocycles. The fraction of sp³-hybridized carbons (Fsp3) is 0.200. The second kappa shape index (κ2) is 9.88. The van der Waals surface area contributed by atoms with Crippen LogP contribution in [0, 0.1) is 6.92 Å². The molecule has 1 aromatic heterocycles. The lowest BCUT2D eigenvalue weighted by Crippen LogP contribution is -2.55. The Labute approximate surface area is 200 Å². The Morgan fingerprint density at radius 3 is 2.56 bits per heavy atom. The Morgan fingerprint density at radius 2 is 1.88 bits per heavy atom. The van der Waals surface area contributed by atoms with Gasteiger partial charge in [-0.3, -0.25) is 24.6 Å². The van der Waals surface area contributed by atoms with Crippen LogP contribution in [0.4, 0.5) is 5.69 Å². The first kappa shape index (κ1) is 23.2. The molecule has 34 heavy (non-hydrogen) atoms. The average molecular weight is 478 g/mol. The highest BCUT2D eigenvalue weighted by Gasteiger charge is 2.46. The molecule has 1 fully saturated rings. The molecule has 0 spiro atoms. The van der Waals surface area contributed by atoms with Crippen LogP contribution in [0.3, 0.4) is 0 Å². The number of nitrogens with one attached hydrogen (secondary N) is 1. The summed E-state index contributed by atoms with van der Waals surface area (Å²) in [7, 11) is 1.45. The van der Waals surface area contributed by atoms with Crippen molar-refractivity contribution in [2.75, 3.05) is 12.0 Å². The van der Waals surface area contributed by atoms with Crippen LogP contribution in [0.2, 0.25) is 0 Å². The molecule has 4 rings (SSSR count). The molecule has 1 unspecified atom stereocenters. The van der Waals surface area contributed by atoms with E-state index in [2.05, 4.69) is 5.43 Å². The van der Waals surface area contributed by atoms with E-state index >= 15 is 0 Å². The zero-order valence-electron chi connectivity index (χ0n) is 18.7. The SMILES string of the molecule is COc1ccc(C)cc1N1C(=O)CC(N(NC(=O)Cc2cccs2)C(=O)c2ccccc2)C1=O. The fourth-order valence-corrected chi connectivity index (χ4v) is 4.48. The number of hydrazine groups is 1. The summed E-state index contributed by atoms with van der Waals surface area (Å²) in [4.78, 5) is 54.4. The zero-order valence-corrected chi connectivity index (χ0v) is 19.5. The van der Waals surface area contributed by atoms with Gasteiger partial charge in [-0.15, -0.1) is 11.3 Å². The minimum atomic E-state index is -1.20. The molecule has 1 aliphatic rings. The van der Waals surface area contributed by atoms with Crippen LogP contribution in [0.5, 0.6) is 5.75 Å². The first-order valence-corrected chi connectivity index (χ1v) is 11.5. The number of imide groups is 1. The predicted octanol–water partition coefficient (Wildman–Crippen LogP) is 3.11. The van der Waals surface area contributed by atoms with Gasteiger partial charge in [-0.2, -0.15) is 0 Å². The van der Waals surface area contributed by atoms with Crippen LogP contribution in [-0.2, 0) is 20.8 Å². The largest absolute Gasteiger partial charge is 0.495 e. The van der Waals surface area contributed by atoms with Crippen molar-refractivity contribution in [3.8, 4) is 5.75 Å². The molecular weight excluding hydrogens is 454 g/mol. The number of amides is 4. The van der Waals surface area contributed by atoms with Gasteiger partial charge in [0.1, 0.15) is 11.8 Å². The third-order valence-corrected chi connectivity index (χ3v) is 6.29. The number of thiophene rings is 1. The van der Waals surface area contributed by atoms with Crippen molar-refractivity contribution in [3.05, 3.63) is 82.0 Å². The van der Waals surface area contributed by atoms with E-state index in [4.69, 9.17) is 4.74 Å². The van der Waals surface area contributed by atoms with Crippen LogP contribution in [0.15, 0.2) is 66.0 Å². The maximum Gasteiger partial charge on any atom is 0.273 e. The van der Waals surface area contributed by atoms with E-state index < -0.39 is 29.7 Å². The summed E-state index contributed by atoms with van der Waals surface area (Å²) in [5, 5.41) is 2.83. The Bertz CT molecular complexity index is 1230. The molecule has 0 radical (unpaired) electrons. The van der Waals surface area contributed by atoms with Crippen molar-refractivity contribution in [2.24, 2.45) is 0 Å². The Morgan fingerprint density at radius 1 is 1.12 bits per heavy atom. The van der Waals surface area contributed by atoms with Crippen molar-refractivity contribution in [3.63, 3.8) is 0 Å². The van der Waals surface area contributed by atoms with Crippen LogP contribution in [-0.4, -0.2) is 41.8 Å². The molecule has 1 atom stereocenters. The molecule has 0 bridgehead atoms. The molecule has 1 N–H and O–H groups in total. The Hall–Kier alpha value is -3.98. The number of methoxy groups -OCH3 is 1. The number of hydrogen-bond acceptors (Lipinski definition) is 6. The minimum absolute atomic E-state index is 0.0422. The zero-order chi connectivity index (χ0) is 24.2. The van der Waals surface area contributed by atoms with Gasteiger partial charge >= 0.3 is 0 Å². The number of carbonyl (C=O) groups excluding carboxylic acids is 4. The molecule has 0 saturated carbocycles. The Kier molecular flexibility index (Phi) is 6.74.